The van der Waals surface area contributed by atoms with Crippen LogP contribution < -0.4 is 9.47 Å². The van der Waals surface area contributed by atoms with E-state index < -0.39 is 0 Å². The highest BCUT2D eigenvalue weighted by atomic mass is 35.5. The summed E-state index contributed by atoms with van der Waals surface area (Å²) in [6.07, 6.45) is 1.51. The van der Waals surface area contributed by atoms with Gasteiger partial charge in [0.1, 0.15) is 11.5 Å². The number of thiazole rings is 1. The second kappa shape index (κ2) is 6.98. The number of hydrogen-bond acceptors (Lipinski definition) is 6. The molecule has 0 amide bonds. The van der Waals surface area contributed by atoms with Crippen LogP contribution in [-0.2, 0) is 0 Å². The first-order valence-electron chi connectivity index (χ1n) is 5.97. The third-order valence-electron chi connectivity index (χ3n) is 2.25. The molecule has 1 aromatic heterocycles. The van der Waals surface area contributed by atoms with E-state index in [1.54, 1.807) is 18.2 Å². The van der Waals surface area contributed by atoms with Crippen LogP contribution in [0.15, 0.2) is 29.6 Å². The highest BCUT2D eigenvalue weighted by Crippen LogP contribution is 2.34. The van der Waals surface area contributed by atoms with Crippen LogP contribution in [0.1, 0.15) is 18.7 Å². The monoisotopic (exact) mass is 346 g/mol. The zero-order valence-electron chi connectivity index (χ0n) is 11.2. The van der Waals surface area contributed by atoms with E-state index in [2.05, 4.69) is 10.1 Å². The van der Waals surface area contributed by atoms with Crippen molar-refractivity contribution in [1.29, 1.82) is 0 Å². The standard InChI is InChI=1S/C13H12Cl2N2O3S/c1-7(2)19-8-3-4-10(9(14)5-8)20-13-16-6-11(21-13)12(15)17-18/h3-7,18H,1-2H3/b17-12-. The van der Waals surface area contributed by atoms with E-state index in [9.17, 15) is 0 Å². The molecule has 0 aliphatic heterocycles. The summed E-state index contributed by atoms with van der Waals surface area (Å²) in [5.41, 5.74) is 0. The minimum absolute atomic E-state index is 0.0471. The predicted molar refractivity (Wildman–Crippen MR) is 83.6 cm³/mol. The zero-order chi connectivity index (χ0) is 15.4. The van der Waals surface area contributed by atoms with Crippen molar-refractivity contribution in [1.82, 2.24) is 4.98 Å². The first-order chi connectivity index (χ1) is 9.99. The number of benzene rings is 1. The van der Waals surface area contributed by atoms with E-state index in [-0.39, 0.29) is 11.3 Å². The van der Waals surface area contributed by atoms with Crippen LogP contribution in [0.25, 0.3) is 0 Å². The lowest BCUT2D eigenvalue weighted by Gasteiger charge is -2.11. The molecule has 0 radical (unpaired) electrons. The third-order valence-corrected chi connectivity index (χ3v) is 3.82. The number of halogens is 2. The quantitative estimate of drug-likeness (QED) is 0.482. The van der Waals surface area contributed by atoms with Gasteiger partial charge < -0.3 is 14.7 Å². The van der Waals surface area contributed by atoms with E-state index in [4.69, 9.17) is 37.9 Å². The molecule has 0 atom stereocenters. The van der Waals surface area contributed by atoms with Crippen molar-refractivity contribution in [2.45, 2.75) is 20.0 Å². The molecule has 0 saturated carbocycles. The average molecular weight is 347 g/mol. The van der Waals surface area contributed by atoms with Crippen molar-refractivity contribution in [3.05, 3.63) is 34.3 Å². The van der Waals surface area contributed by atoms with Crippen LogP contribution in [0, 0.1) is 0 Å². The fourth-order valence-electron chi connectivity index (χ4n) is 1.45. The molecule has 1 heterocycles. The lowest BCUT2D eigenvalue weighted by Crippen LogP contribution is -2.05. The number of aromatic nitrogens is 1. The summed E-state index contributed by atoms with van der Waals surface area (Å²) in [7, 11) is 0. The Morgan fingerprint density at radius 1 is 1.43 bits per heavy atom. The van der Waals surface area contributed by atoms with Gasteiger partial charge >= 0.3 is 0 Å². The normalized spacial score (nSPS) is 11.8. The van der Waals surface area contributed by atoms with E-state index in [0.717, 1.165) is 11.3 Å². The molecule has 5 nitrogen and oxygen atoms in total. The van der Waals surface area contributed by atoms with E-state index in [1.807, 2.05) is 13.8 Å². The fourth-order valence-corrected chi connectivity index (χ4v) is 2.48. The molecule has 1 aromatic carbocycles. The number of rotatable bonds is 5. The minimum Gasteiger partial charge on any atom is -0.491 e. The molecule has 112 valence electrons. The van der Waals surface area contributed by atoms with E-state index >= 15 is 0 Å². The van der Waals surface area contributed by atoms with Gasteiger partial charge in [0, 0.05) is 6.07 Å². The molecule has 1 N–H and O–H groups in total. The van der Waals surface area contributed by atoms with Crippen LogP contribution in [0.4, 0.5) is 0 Å². The van der Waals surface area contributed by atoms with Gasteiger partial charge in [0.15, 0.2) is 5.17 Å². The number of ether oxygens (including phenoxy) is 2. The molecule has 0 aliphatic carbocycles. The Hall–Kier alpha value is -1.50. The average Bonchev–Trinajstić information content (AvgIpc) is 2.89. The number of hydrogen-bond donors (Lipinski definition) is 1. The molecule has 8 heteroatoms. The first-order valence-corrected chi connectivity index (χ1v) is 7.54. The largest absolute Gasteiger partial charge is 0.491 e. The summed E-state index contributed by atoms with van der Waals surface area (Å²) in [4.78, 5) is 4.51. The fraction of sp³-hybridized carbons (Fsp3) is 0.231. The lowest BCUT2D eigenvalue weighted by atomic mass is 10.3. The topological polar surface area (TPSA) is 63.9 Å². The summed E-state index contributed by atoms with van der Waals surface area (Å²) < 4.78 is 11.1. The van der Waals surface area contributed by atoms with Crippen molar-refractivity contribution < 1.29 is 14.7 Å². The van der Waals surface area contributed by atoms with Gasteiger partial charge in [-0.2, -0.15) is 0 Å². The summed E-state index contributed by atoms with van der Waals surface area (Å²) in [6, 6.07) is 5.13. The maximum Gasteiger partial charge on any atom is 0.279 e. The van der Waals surface area contributed by atoms with Crippen molar-refractivity contribution in [2.75, 3.05) is 0 Å². The van der Waals surface area contributed by atoms with Gasteiger partial charge in [-0.25, -0.2) is 4.98 Å². The molecular weight excluding hydrogens is 335 g/mol. The molecule has 0 fully saturated rings. The SMILES string of the molecule is CC(C)Oc1ccc(Oc2ncc(/C(Cl)=N/O)s2)c(Cl)c1. The van der Waals surface area contributed by atoms with Crippen LogP contribution in [0.2, 0.25) is 5.02 Å². The van der Waals surface area contributed by atoms with Crippen LogP contribution >= 0.6 is 34.5 Å². The van der Waals surface area contributed by atoms with Gasteiger partial charge in [-0.1, -0.05) is 39.7 Å². The number of oxime groups is 1. The molecule has 0 saturated heterocycles. The van der Waals surface area contributed by atoms with Gasteiger partial charge in [0.25, 0.3) is 5.19 Å². The summed E-state index contributed by atoms with van der Waals surface area (Å²) in [6.45, 7) is 3.86. The minimum atomic E-state index is -0.0471. The highest BCUT2D eigenvalue weighted by Gasteiger charge is 2.11. The molecule has 2 rings (SSSR count). The Bertz CT molecular complexity index is 659. The molecule has 0 bridgehead atoms. The predicted octanol–water partition coefficient (Wildman–Crippen LogP) is 4.75. The molecule has 2 aromatic rings. The molecule has 0 spiro atoms. The Kier molecular flexibility index (Phi) is 5.27. The van der Waals surface area contributed by atoms with Crippen molar-refractivity contribution in [3.63, 3.8) is 0 Å². The van der Waals surface area contributed by atoms with Crippen molar-refractivity contribution >= 4 is 39.7 Å². The van der Waals surface area contributed by atoms with Crippen LogP contribution in [0.3, 0.4) is 0 Å². The zero-order valence-corrected chi connectivity index (χ0v) is 13.5. The third kappa shape index (κ3) is 4.23. The molecule has 0 aliphatic rings. The number of nitrogens with zero attached hydrogens (tertiary/aromatic N) is 2. The molecular formula is C13H12Cl2N2O3S. The summed E-state index contributed by atoms with van der Waals surface area (Å²) in [5, 5.41) is 12.2. The summed E-state index contributed by atoms with van der Waals surface area (Å²) >= 11 is 13.0. The Balaban J connectivity index is 2.14. The van der Waals surface area contributed by atoms with E-state index in [0.29, 0.717) is 26.6 Å². The maximum absolute atomic E-state index is 8.59. The smallest absolute Gasteiger partial charge is 0.279 e. The highest BCUT2D eigenvalue weighted by molar-refractivity contribution is 7.17. The van der Waals surface area contributed by atoms with Gasteiger partial charge in [-0.3, -0.25) is 0 Å². The van der Waals surface area contributed by atoms with Crippen molar-refractivity contribution in [2.24, 2.45) is 5.16 Å². The first kappa shape index (κ1) is 15.9. The molecule has 21 heavy (non-hydrogen) atoms. The van der Waals surface area contributed by atoms with Gasteiger partial charge in [0.05, 0.1) is 22.2 Å². The lowest BCUT2D eigenvalue weighted by molar-refractivity contribution is 0.242. The Labute approximate surface area is 135 Å². The second-order valence-electron chi connectivity index (χ2n) is 4.24. The van der Waals surface area contributed by atoms with Crippen LogP contribution in [-0.4, -0.2) is 21.5 Å². The van der Waals surface area contributed by atoms with Gasteiger partial charge in [-0.05, 0) is 26.0 Å². The van der Waals surface area contributed by atoms with Crippen molar-refractivity contribution in [3.8, 4) is 16.7 Å². The van der Waals surface area contributed by atoms with Gasteiger partial charge in [0.2, 0.25) is 0 Å². The second-order valence-corrected chi connectivity index (χ2v) is 6.00. The van der Waals surface area contributed by atoms with Crippen LogP contribution in [0.5, 0.6) is 16.7 Å². The molecule has 0 unspecified atom stereocenters. The Morgan fingerprint density at radius 3 is 2.81 bits per heavy atom. The van der Waals surface area contributed by atoms with E-state index in [1.165, 1.54) is 6.20 Å². The Morgan fingerprint density at radius 2 is 2.19 bits per heavy atom. The van der Waals surface area contributed by atoms with Gasteiger partial charge in [-0.15, -0.1) is 0 Å². The maximum atomic E-state index is 8.59. The summed E-state index contributed by atoms with van der Waals surface area (Å²) in [5.74, 6) is 1.11.